The monoisotopic (exact) mass is 219 g/mol. The van der Waals surface area contributed by atoms with Crippen molar-refractivity contribution in [3.63, 3.8) is 0 Å². The second-order valence-electron chi connectivity index (χ2n) is 1.75. The highest BCUT2D eigenvalue weighted by atomic mass is 79.9. The van der Waals surface area contributed by atoms with Gasteiger partial charge in [0.2, 0.25) is 10.4 Å². The Labute approximate surface area is 70.0 Å². The zero-order valence-corrected chi connectivity index (χ0v) is 6.82. The first-order valence-electron chi connectivity index (χ1n) is 2.63. The molecule has 0 aliphatic rings. The van der Waals surface area contributed by atoms with Crippen LogP contribution in [0.15, 0.2) is 16.7 Å². The number of halogens is 1. The summed E-state index contributed by atoms with van der Waals surface area (Å²) >= 11 is 2.97. The van der Waals surface area contributed by atoms with Gasteiger partial charge in [0.1, 0.15) is 0 Å². The molecular formula is C5H4BrN2O3+. The van der Waals surface area contributed by atoms with Gasteiger partial charge in [-0.05, 0) is 16.0 Å². The molecule has 0 spiro atoms. The molecular weight excluding hydrogens is 216 g/mol. The first-order valence-corrected chi connectivity index (χ1v) is 3.42. The molecule has 1 heterocycles. The predicted molar refractivity (Wildman–Crippen MR) is 38.7 cm³/mol. The molecule has 0 saturated carbocycles. The lowest BCUT2D eigenvalue weighted by Gasteiger charge is -1.88. The Balaban J connectivity index is 3.23. The first kappa shape index (κ1) is 7.93. The van der Waals surface area contributed by atoms with Gasteiger partial charge in [-0.15, -0.1) is 0 Å². The fourth-order valence-electron chi connectivity index (χ4n) is 0.559. The molecule has 0 amide bonds. The van der Waals surface area contributed by atoms with Crippen LogP contribution in [0.4, 0.5) is 5.82 Å². The van der Waals surface area contributed by atoms with Crippen LogP contribution in [-0.2, 0) is 0 Å². The van der Waals surface area contributed by atoms with Crippen molar-refractivity contribution < 1.29 is 15.2 Å². The molecule has 0 radical (unpaired) electrons. The van der Waals surface area contributed by atoms with Crippen LogP contribution in [0.5, 0.6) is 5.75 Å². The summed E-state index contributed by atoms with van der Waals surface area (Å²) in [6.07, 6.45) is 0. The number of rotatable bonds is 1. The number of aromatic nitrogens is 1. The Bertz CT molecular complexity index is 302. The molecule has 0 aromatic carbocycles. The Morgan fingerprint density at radius 1 is 1.55 bits per heavy atom. The van der Waals surface area contributed by atoms with Gasteiger partial charge in [-0.3, -0.25) is 0 Å². The van der Waals surface area contributed by atoms with Gasteiger partial charge in [0.25, 0.3) is 0 Å². The second-order valence-corrected chi connectivity index (χ2v) is 2.56. The maximum atomic E-state index is 10.2. The molecule has 0 unspecified atom stereocenters. The van der Waals surface area contributed by atoms with E-state index in [4.69, 9.17) is 10.3 Å². The minimum atomic E-state index is -0.500. The van der Waals surface area contributed by atoms with Crippen LogP contribution in [0.1, 0.15) is 0 Å². The zero-order chi connectivity index (χ0) is 8.43. The molecule has 5 nitrogen and oxygen atoms in total. The van der Waals surface area contributed by atoms with E-state index in [1.165, 1.54) is 12.1 Å². The highest BCUT2D eigenvalue weighted by Gasteiger charge is 2.19. The third-order valence-corrected chi connectivity index (χ3v) is 1.44. The summed E-state index contributed by atoms with van der Waals surface area (Å²) in [6.45, 7) is 0. The molecule has 2 N–H and O–H groups in total. The fraction of sp³-hybridized carbons (Fsp3) is 0. The summed E-state index contributed by atoms with van der Waals surface area (Å²) < 4.78 is 0.361. The third kappa shape index (κ3) is 1.64. The number of hydrogen-bond acceptors (Lipinski definition) is 3. The largest absolute Gasteiger partial charge is 0.501 e. The van der Waals surface area contributed by atoms with Crippen LogP contribution >= 0.6 is 15.9 Å². The van der Waals surface area contributed by atoms with Gasteiger partial charge in [0, 0.05) is 22.0 Å². The lowest BCUT2D eigenvalue weighted by atomic mass is 10.4. The van der Waals surface area contributed by atoms with E-state index >= 15 is 0 Å². The molecule has 0 aliphatic carbocycles. The number of aromatic hydroxyl groups is 1. The van der Waals surface area contributed by atoms with E-state index < -0.39 is 10.7 Å². The van der Waals surface area contributed by atoms with Gasteiger partial charge in [0.15, 0.2) is 4.92 Å². The summed E-state index contributed by atoms with van der Waals surface area (Å²) in [4.78, 5) is 13.2. The van der Waals surface area contributed by atoms with Crippen LogP contribution in [0, 0.1) is 4.91 Å². The predicted octanol–water partition coefficient (Wildman–Crippen LogP) is 1.35. The molecule has 0 atom stereocenters. The lowest BCUT2D eigenvalue weighted by molar-refractivity contribution is -0.732. The topological polar surface area (TPSA) is 73.4 Å². The molecule has 0 fully saturated rings. The molecule has 1 aromatic rings. The van der Waals surface area contributed by atoms with Crippen LogP contribution in [0.25, 0.3) is 0 Å². The highest BCUT2D eigenvalue weighted by Crippen LogP contribution is 2.23. The molecule has 6 heteroatoms. The summed E-state index contributed by atoms with van der Waals surface area (Å²) in [5, 5.41) is 17.3. The van der Waals surface area contributed by atoms with Gasteiger partial charge < -0.3 is 10.3 Å². The standard InChI is InChI=1S/C5H3BrN2O3/c6-4-2-1-3(9)5(7-4)8(10)11/h1-2H,(H-,9,10,11)/p+1. The zero-order valence-electron chi connectivity index (χ0n) is 5.23. The van der Waals surface area contributed by atoms with Crippen molar-refractivity contribution in [2.45, 2.75) is 0 Å². The van der Waals surface area contributed by atoms with Crippen LogP contribution in [0.3, 0.4) is 0 Å². The smallest absolute Gasteiger partial charge is 0.451 e. The molecule has 11 heavy (non-hydrogen) atoms. The number of pyridine rings is 1. The second kappa shape index (κ2) is 2.83. The van der Waals surface area contributed by atoms with Gasteiger partial charge in [-0.1, -0.05) is 0 Å². The quantitative estimate of drug-likeness (QED) is 0.553. The number of hydrogen-bond donors (Lipinski definition) is 2. The van der Waals surface area contributed by atoms with Crippen molar-refractivity contribution in [2.75, 3.05) is 0 Å². The van der Waals surface area contributed by atoms with E-state index in [0.717, 1.165) is 0 Å². The maximum Gasteiger partial charge on any atom is 0.451 e. The van der Waals surface area contributed by atoms with Crippen LogP contribution < -0.4 is 0 Å². The average molecular weight is 220 g/mol. The Kier molecular flexibility index (Phi) is 2.04. The Morgan fingerprint density at radius 2 is 2.18 bits per heavy atom. The van der Waals surface area contributed by atoms with Gasteiger partial charge in [0.05, 0.1) is 0 Å². The van der Waals surface area contributed by atoms with Crippen molar-refractivity contribution in [1.29, 1.82) is 0 Å². The highest BCUT2D eigenvalue weighted by molar-refractivity contribution is 9.10. The van der Waals surface area contributed by atoms with Crippen molar-refractivity contribution in [1.82, 2.24) is 4.98 Å². The van der Waals surface area contributed by atoms with Crippen molar-refractivity contribution in [3.05, 3.63) is 21.6 Å². The number of nitrogens with zero attached hydrogens (tertiary/aromatic N) is 2. The molecule has 58 valence electrons. The fourth-order valence-corrected chi connectivity index (χ4v) is 0.859. The minimum Gasteiger partial charge on any atom is -0.501 e. The summed E-state index contributed by atoms with van der Waals surface area (Å²) in [7, 11) is 0. The molecule has 0 bridgehead atoms. The van der Waals surface area contributed by atoms with Crippen LogP contribution in [-0.4, -0.2) is 20.2 Å². The van der Waals surface area contributed by atoms with E-state index in [1.807, 2.05) is 0 Å². The summed E-state index contributed by atoms with van der Waals surface area (Å²) in [5.41, 5.74) is 0. The summed E-state index contributed by atoms with van der Waals surface area (Å²) in [6, 6.07) is 2.69. The van der Waals surface area contributed by atoms with E-state index in [1.54, 1.807) is 0 Å². The SMILES string of the molecule is O=[N+](O)c1nc(Br)ccc1O. The van der Waals surface area contributed by atoms with Gasteiger partial charge in [-0.25, -0.2) is 0 Å². The Hall–Kier alpha value is -1.17. The first-order chi connectivity index (χ1) is 5.11. The molecule has 0 aliphatic heterocycles. The lowest BCUT2D eigenvalue weighted by Crippen LogP contribution is -1.95. The van der Waals surface area contributed by atoms with Crippen molar-refractivity contribution in [3.8, 4) is 5.75 Å². The summed E-state index contributed by atoms with van der Waals surface area (Å²) in [5.74, 6) is -0.801. The van der Waals surface area contributed by atoms with Crippen molar-refractivity contribution in [2.24, 2.45) is 0 Å². The van der Waals surface area contributed by atoms with E-state index in [2.05, 4.69) is 20.9 Å². The molecule has 1 aromatic heterocycles. The van der Waals surface area contributed by atoms with E-state index in [-0.39, 0.29) is 5.75 Å². The van der Waals surface area contributed by atoms with Crippen molar-refractivity contribution >= 4 is 21.7 Å². The Morgan fingerprint density at radius 3 is 2.64 bits per heavy atom. The molecule has 1 rings (SSSR count). The third-order valence-electron chi connectivity index (χ3n) is 1.00. The van der Waals surface area contributed by atoms with Gasteiger partial charge >= 0.3 is 5.82 Å². The minimum absolute atomic E-state index is 0.361. The van der Waals surface area contributed by atoms with Crippen LogP contribution in [0.2, 0.25) is 0 Å². The molecule has 0 saturated heterocycles. The van der Waals surface area contributed by atoms with E-state index in [0.29, 0.717) is 4.60 Å². The normalized spacial score (nSPS) is 9.55. The van der Waals surface area contributed by atoms with Gasteiger partial charge in [-0.2, -0.15) is 0 Å². The van der Waals surface area contributed by atoms with E-state index in [9.17, 15) is 4.91 Å². The average Bonchev–Trinajstić information content (AvgIpc) is 1.94. The maximum absolute atomic E-state index is 10.2.